The summed E-state index contributed by atoms with van der Waals surface area (Å²) in [6.45, 7) is 5.70. The third-order valence-corrected chi connectivity index (χ3v) is 3.08. The smallest absolute Gasteiger partial charge is 0.00378 e. The van der Waals surface area contributed by atoms with Gasteiger partial charge in [-0.3, -0.25) is 0 Å². The average Bonchev–Trinajstić information content (AvgIpc) is 2.78. The van der Waals surface area contributed by atoms with E-state index in [1.54, 1.807) is 0 Å². The zero-order valence-electron chi connectivity index (χ0n) is 10.8. The summed E-state index contributed by atoms with van der Waals surface area (Å²) < 4.78 is 0. The van der Waals surface area contributed by atoms with Crippen LogP contribution >= 0.6 is 0 Å². The van der Waals surface area contributed by atoms with Gasteiger partial charge in [-0.25, -0.2) is 0 Å². The van der Waals surface area contributed by atoms with Gasteiger partial charge in [-0.1, -0.05) is 13.3 Å². The quantitative estimate of drug-likeness (QED) is 0.703. The van der Waals surface area contributed by atoms with E-state index in [-0.39, 0.29) is 0 Å². The first-order chi connectivity index (χ1) is 7.76. The Morgan fingerprint density at radius 2 is 2.31 bits per heavy atom. The summed E-state index contributed by atoms with van der Waals surface area (Å²) in [4.78, 5) is 5.53. The highest BCUT2D eigenvalue weighted by atomic mass is 15.1. The maximum absolute atomic E-state index is 3.26. The maximum Gasteiger partial charge on any atom is 0.00378 e. The van der Waals surface area contributed by atoms with Crippen molar-refractivity contribution in [3.63, 3.8) is 0 Å². The lowest BCUT2D eigenvalue weighted by molar-refractivity contribution is 0.271. The van der Waals surface area contributed by atoms with Crippen molar-refractivity contribution in [3.8, 4) is 0 Å². The topological polar surface area (TPSA) is 31.1 Å². The third-order valence-electron chi connectivity index (χ3n) is 3.08. The molecule has 1 rings (SSSR count). The van der Waals surface area contributed by atoms with E-state index >= 15 is 0 Å². The van der Waals surface area contributed by atoms with Gasteiger partial charge in [0.2, 0.25) is 0 Å². The fourth-order valence-electron chi connectivity index (χ4n) is 1.99. The van der Waals surface area contributed by atoms with Crippen LogP contribution in [0.1, 0.15) is 18.9 Å². The molecule has 0 aliphatic heterocycles. The van der Waals surface area contributed by atoms with Crippen LogP contribution in [0.3, 0.4) is 0 Å². The second kappa shape index (κ2) is 7.47. The number of hydrogen-bond donors (Lipinski definition) is 2. The molecule has 0 fully saturated rings. The molecule has 0 bridgehead atoms. The predicted molar refractivity (Wildman–Crippen MR) is 69.7 cm³/mol. The molecule has 0 saturated heterocycles. The van der Waals surface area contributed by atoms with Crippen molar-refractivity contribution in [1.29, 1.82) is 0 Å². The van der Waals surface area contributed by atoms with Crippen LogP contribution < -0.4 is 5.32 Å². The number of likely N-dealkylation sites (N-methyl/N-ethyl adjacent to an activating group) is 1. The first-order valence-electron chi connectivity index (χ1n) is 6.21. The Morgan fingerprint density at radius 1 is 1.50 bits per heavy atom. The summed E-state index contributed by atoms with van der Waals surface area (Å²) in [6.07, 6.45) is 6.45. The van der Waals surface area contributed by atoms with Gasteiger partial charge in [-0.05, 0) is 44.6 Å². The highest BCUT2D eigenvalue weighted by molar-refractivity contribution is 5.08. The maximum atomic E-state index is 3.26. The van der Waals surface area contributed by atoms with Crippen LogP contribution in [0.25, 0.3) is 0 Å². The monoisotopic (exact) mass is 223 g/mol. The zero-order chi connectivity index (χ0) is 11.8. The number of aromatic nitrogens is 1. The van der Waals surface area contributed by atoms with Gasteiger partial charge < -0.3 is 15.2 Å². The van der Waals surface area contributed by atoms with Crippen LogP contribution in [0.4, 0.5) is 0 Å². The number of H-pyrrole nitrogens is 1. The van der Waals surface area contributed by atoms with Gasteiger partial charge >= 0.3 is 0 Å². The lowest BCUT2D eigenvalue weighted by atomic mass is 10.1. The Bertz CT molecular complexity index is 256. The minimum atomic E-state index is 0.765. The molecule has 0 aliphatic rings. The molecule has 1 atom stereocenters. The summed E-state index contributed by atoms with van der Waals surface area (Å²) in [5.74, 6) is 0.765. The van der Waals surface area contributed by atoms with E-state index in [2.05, 4.69) is 41.4 Å². The number of aromatic amines is 1. The number of nitrogens with zero attached hydrogens (tertiary/aromatic N) is 1. The summed E-state index contributed by atoms with van der Waals surface area (Å²) >= 11 is 0. The Kier molecular flexibility index (Phi) is 6.19. The lowest BCUT2D eigenvalue weighted by Crippen LogP contribution is -2.32. The van der Waals surface area contributed by atoms with E-state index in [1.165, 1.54) is 18.5 Å². The normalized spacial score (nSPS) is 13.2. The minimum absolute atomic E-state index is 0.765. The SMILES string of the molecule is CCC(CNC)CN(C)CCc1cc[nH]c1. The van der Waals surface area contributed by atoms with Gasteiger partial charge in [0.05, 0.1) is 0 Å². The fraction of sp³-hybridized carbons (Fsp3) is 0.692. The van der Waals surface area contributed by atoms with Crippen molar-refractivity contribution in [2.75, 3.05) is 33.7 Å². The lowest BCUT2D eigenvalue weighted by Gasteiger charge is -2.22. The molecule has 1 heterocycles. The standard InChI is InChI=1S/C13H25N3/c1-4-12(9-14-2)11-16(3)8-6-13-5-7-15-10-13/h5,7,10,12,14-15H,4,6,8-9,11H2,1-3H3. The highest BCUT2D eigenvalue weighted by Crippen LogP contribution is 2.05. The van der Waals surface area contributed by atoms with Crippen molar-refractivity contribution >= 4 is 0 Å². The number of rotatable bonds is 8. The molecule has 0 aliphatic carbocycles. The molecular formula is C13H25N3. The Balaban J connectivity index is 2.21. The van der Waals surface area contributed by atoms with Crippen molar-refractivity contribution in [2.45, 2.75) is 19.8 Å². The van der Waals surface area contributed by atoms with E-state index in [0.717, 1.165) is 25.4 Å². The van der Waals surface area contributed by atoms with Crippen LogP contribution in [0.2, 0.25) is 0 Å². The molecule has 16 heavy (non-hydrogen) atoms. The molecule has 92 valence electrons. The first-order valence-corrected chi connectivity index (χ1v) is 6.21. The molecule has 1 unspecified atom stereocenters. The molecule has 1 aromatic rings. The van der Waals surface area contributed by atoms with Gasteiger partial charge in [0.1, 0.15) is 0 Å². The van der Waals surface area contributed by atoms with Crippen LogP contribution in [0.15, 0.2) is 18.5 Å². The zero-order valence-corrected chi connectivity index (χ0v) is 10.8. The summed E-state index contributed by atoms with van der Waals surface area (Å²) in [5.41, 5.74) is 1.40. The minimum Gasteiger partial charge on any atom is -0.367 e. The Morgan fingerprint density at radius 3 is 2.88 bits per heavy atom. The van der Waals surface area contributed by atoms with Crippen molar-refractivity contribution in [2.24, 2.45) is 5.92 Å². The third kappa shape index (κ3) is 4.81. The average molecular weight is 223 g/mol. The van der Waals surface area contributed by atoms with Crippen LogP contribution in [0, 0.1) is 5.92 Å². The van der Waals surface area contributed by atoms with Crippen LogP contribution in [0.5, 0.6) is 0 Å². The first kappa shape index (κ1) is 13.3. The molecule has 0 aromatic carbocycles. The predicted octanol–water partition coefficient (Wildman–Crippen LogP) is 1.73. The second-order valence-corrected chi connectivity index (χ2v) is 4.56. The molecular weight excluding hydrogens is 198 g/mol. The molecule has 0 saturated carbocycles. The van der Waals surface area contributed by atoms with Gasteiger partial charge in [-0.2, -0.15) is 0 Å². The fourth-order valence-corrected chi connectivity index (χ4v) is 1.99. The highest BCUT2D eigenvalue weighted by Gasteiger charge is 2.08. The Labute approximate surface area is 99.2 Å². The van der Waals surface area contributed by atoms with Crippen LogP contribution in [-0.2, 0) is 6.42 Å². The van der Waals surface area contributed by atoms with Crippen molar-refractivity contribution in [3.05, 3.63) is 24.0 Å². The molecule has 1 aromatic heterocycles. The van der Waals surface area contributed by atoms with E-state index < -0.39 is 0 Å². The molecule has 0 spiro atoms. The molecule has 3 heteroatoms. The second-order valence-electron chi connectivity index (χ2n) is 4.56. The van der Waals surface area contributed by atoms with Gasteiger partial charge in [-0.15, -0.1) is 0 Å². The van der Waals surface area contributed by atoms with Gasteiger partial charge in [0.15, 0.2) is 0 Å². The van der Waals surface area contributed by atoms with Crippen molar-refractivity contribution < 1.29 is 0 Å². The number of nitrogens with one attached hydrogen (secondary N) is 2. The van der Waals surface area contributed by atoms with Crippen LogP contribution in [-0.4, -0.2) is 43.6 Å². The molecule has 3 nitrogen and oxygen atoms in total. The van der Waals surface area contributed by atoms with Gasteiger partial charge in [0, 0.05) is 25.5 Å². The van der Waals surface area contributed by atoms with Crippen molar-refractivity contribution in [1.82, 2.24) is 15.2 Å². The molecule has 0 amide bonds. The number of hydrogen-bond acceptors (Lipinski definition) is 2. The summed E-state index contributed by atoms with van der Waals surface area (Å²) in [6, 6.07) is 2.15. The summed E-state index contributed by atoms with van der Waals surface area (Å²) in [7, 11) is 4.24. The van der Waals surface area contributed by atoms with E-state index in [1.807, 2.05) is 13.2 Å². The molecule has 2 N–H and O–H groups in total. The largest absolute Gasteiger partial charge is 0.367 e. The van der Waals surface area contributed by atoms with E-state index in [9.17, 15) is 0 Å². The Hall–Kier alpha value is -0.800. The van der Waals surface area contributed by atoms with E-state index in [4.69, 9.17) is 0 Å². The summed E-state index contributed by atoms with van der Waals surface area (Å²) in [5, 5.41) is 3.26. The van der Waals surface area contributed by atoms with E-state index in [0.29, 0.717) is 0 Å². The van der Waals surface area contributed by atoms with Gasteiger partial charge in [0.25, 0.3) is 0 Å². The molecule has 0 radical (unpaired) electrons.